The largest absolute Gasteiger partial charge is 0.444 e. The summed E-state index contributed by atoms with van der Waals surface area (Å²) in [5.41, 5.74) is 3.21. The Kier molecular flexibility index (Phi) is 18.1. The van der Waals surface area contributed by atoms with Crippen LogP contribution in [0.2, 0.25) is 0 Å². The highest BCUT2D eigenvalue weighted by molar-refractivity contribution is 7.90. The van der Waals surface area contributed by atoms with Gasteiger partial charge in [0.15, 0.2) is 11.4 Å². The third-order valence-corrected chi connectivity index (χ3v) is 18.5. The molecule has 1 aromatic heterocycles. The number of nitrogens with one attached hydrogen (secondary N) is 2. The van der Waals surface area contributed by atoms with Gasteiger partial charge in [0, 0.05) is 85.5 Å². The lowest BCUT2D eigenvalue weighted by Crippen LogP contribution is -2.49. The number of aliphatic hydroxyl groups is 1. The second-order valence-corrected chi connectivity index (χ2v) is 26.1. The van der Waals surface area contributed by atoms with Crippen molar-refractivity contribution >= 4 is 79.7 Å². The van der Waals surface area contributed by atoms with E-state index in [0.29, 0.717) is 95.2 Å². The highest BCUT2D eigenvalue weighted by Gasteiger charge is 2.51. The van der Waals surface area contributed by atoms with E-state index in [0.717, 1.165) is 16.7 Å². The number of carbonyl (C=O) groups excluding carboxylic acids is 9. The number of carbonyl (C=O) groups is 9. The molecule has 6 aliphatic rings. The number of rotatable bonds is 22. The Balaban J connectivity index is 0.770. The summed E-state index contributed by atoms with van der Waals surface area (Å²) in [5, 5.41) is 17.9. The van der Waals surface area contributed by atoms with E-state index in [4.69, 9.17) is 19.2 Å². The molecule has 3 N–H and O–H groups in total. The van der Waals surface area contributed by atoms with E-state index in [1.807, 2.05) is 18.7 Å². The molecular formula is C61H73FN6O15S. The zero-order valence-electron chi connectivity index (χ0n) is 48.5. The maximum Gasteiger partial charge on any atom is 0.411 e. The number of Topliss-reactive ketones (excluding diaryl/α,β-unsaturated/α-hetero) is 2. The summed E-state index contributed by atoms with van der Waals surface area (Å²) >= 11 is 0. The summed E-state index contributed by atoms with van der Waals surface area (Å²) in [4.78, 5) is 127. The van der Waals surface area contributed by atoms with E-state index < -0.39 is 82.3 Å². The molecule has 0 spiro atoms. The smallest absolute Gasteiger partial charge is 0.411 e. The fourth-order valence-electron chi connectivity index (χ4n) is 12.4. The molecule has 4 aliphatic heterocycles. The lowest BCUT2D eigenvalue weighted by molar-refractivity contribution is -0.172. The number of amides is 5. The van der Waals surface area contributed by atoms with E-state index in [1.54, 1.807) is 58.0 Å². The molecule has 2 fully saturated rings. The predicted molar refractivity (Wildman–Crippen MR) is 301 cm³/mol. The molecule has 450 valence electrons. The number of aromatic nitrogens is 1. The molecule has 84 heavy (non-hydrogen) atoms. The van der Waals surface area contributed by atoms with Crippen molar-refractivity contribution in [1.29, 1.82) is 0 Å². The monoisotopic (exact) mass is 1180 g/mol. The number of halogens is 1. The zero-order valence-corrected chi connectivity index (χ0v) is 49.3. The van der Waals surface area contributed by atoms with Crippen molar-refractivity contribution < 1.29 is 75.3 Å². The van der Waals surface area contributed by atoms with E-state index in [1.165, 1.54) is 11.0 Å². The fraction of sp³-hybridized carbons (Fsp3) is 0.541. The maximum atomic E-state index is 15.5. The summed E-state index contributed by atoms with van der Waals surface area (Å²) in [5.74, 6) is -5.55. The number of ether oxygens (including phenoxy) is 3. The van der Waals surface area contributed by atoms with Crippen LogP contribution in [0.3, 0.4) is 0 Å². The minimum absolute atomic E-state index is 0.00194. The molecule has 2 aromatic carbocycles. The van der Waals surface area contributed by atoms with Gasteiger partial charge in [-0.05, 0) is 105 Å². The maximum absolute atomic E-state index is 15.5. The normalized spacial score (nSPS) is 22.7. The second-order valence-electron chi connectivity index (χ2n) is 23.8. The van der Waals surface area contributed by atoms with E-state index in [9.17, 15) is 56.7 Å². The van der Waals surface area contributed by atoms with Crippen LogP contribution in [0.4, 0.5) is 9.18 Å². The van der Waals surface area contributed by atoms with Gasteiger partial charge >= 0.3 is 18.0 Å². The molecule has 5 heterocycles. The quantitative estimate of drug-likeness (QED) is 0.0505. The van der Waals surface area contributed by atoms with E-state index in [-0.39, 0.29) is 116 Å². The molecular weight excluding hydrogens is 1110 g/mol. The van der Waals surface area contributed by atoms with Crippen molar-refractivity contribution in [3.05, 3.63) is 92.4 Å². The van der Waals surface area contributed by atoms with Crippen LogP contribution < -0.4 is 10.6 Å². The summed E-state index contributed by atoms with van der Waals surface area (Å²) in [6.45, 7) is 9.33. The summed E-state index contributed by atoms with van der Waals surface area (Å²) < 4.78 is 56.2. The summed E-state index contributed by atoms with van der Waals surface area (Å²) in [7, 11) is -3.57. The topological polar surface area (TPSA) is 282 Å². The second kappa shape index (κ2) is 24.8. The molecule has 23 heteroatoms. The van der Waals surface area contributed by atoms with Gasteiger partial charge in [-0.15, -0.1) is 0 Å². The number of fused-ring (bicyclic) bond motifs is 4. The Hall–Kier alpha value is -7.24. The number of ketones is 2. The lowest BCUT2D eigenvalue weighted by atomic mass is 9.77. The first-order valence-electron chi connectivity index (χ1n) is 28.8. The fourth-order valence-corrected chi connectivity index (χ4v) is 13.0. The molecule has 5 amide bonds. The number of imide groups is 1. The molecule has 0 radical (unpaired) electrons. The molecule has 1 unspecified atom stereocenters. The van der Waals surface area contributed by atoms with Crippen LogP contribution in [0.15, 0.2) is 47.6 Å². The Bertz CT molecular complexity index is 3410. The first-order valence-corrected chi connectivity index (χ1v) is 30.9. The molecule has 1 saturated carbocycles. The molecule has 3 aromatic rings. The zero-order chi connectivity index (χ0) is 60.7. The van der Waals surface area contributed by atoms with Crippen molar-refractivity contribution in [2.75, 3.05) is 45.0 Å². The van der Waals surface area contributed by atoms with Crippen molar-refractivity contribution in [3.63, 3.8) is 0 Å². The minimum Gasteiger partial charge on any atom is -0.444 e. The number of aryl methyl sites for hydroxylation is 1. The highest BCUT2D eigenvalue weighted by atomic mass is 32.2. The molecule has 0 bridgehead atoms. The number of hydrogen-bond donors (Lipinski definition) is 3. The first kappa shape index (κ1) is 61.3. The Morgan fingerprint density at radius 1 is 0.988 bits per heavy atom. The van der Waals surface area contributed by atoms with Crippen LogP contribution in [0.25, 0.3) is 16.6 Å². The van der Waals surface area contributed by atoms with Gasteiger partial charge in [-0.3, -0.25) is 38.6 Å². The number of benzene rings is 2. The van der Waals surface area contributed by atoms with Gasteiger partial charge in [-0.1, -0.05) is 52.0 Å². The third kappa shape index (κ3) is 12.9. The van der Waals surface area contributed by atoms with Crippen molar-refractivity contribution in [2.45, 2.75) is 137 Å². The molecule has 2 aliphatic carbocycles. The molecule has 21 nitrogen and oxygen atoms in total. The van der Waals surface area contributed by atoms with Crippen LogP contribution in [0.1, 0.15) is 131 Å². The lowest BCUT2D eigenvalue weighted by Gasteiger charge is -2.36. The van der Waals surface area contributed by atoms with Crippen molar-refractivity contribution in [3.8, 4) is 0 Å². The van der Waals surface area contributed by atoms with Gasteiger partial charge in [0.05, 0.1) is 46.9 Å². The number of sulfone groups is 1. The first-order chi connectivity index (χ1) is 39.7. The van der Waals surface area contributed by atoms with Crippen LogP contribution >= 0.6 is 0 Å². The highest BCUT2D eigenvalue weighted by Crippen LogP contribution is 2.48. The van der Waals surface area contributed by atoms with Gasteiger partial charge in [-0.25, -0.2) is 32.2 Å². The van der Waals surface area contributed by atoms with Gasteiger partial charge in [-0.2, -0.15) is 0 Å². The number of nitrogens with zero attached hydrogens (tertiary/aromatic N) is 4. The third-order valence-electron chi connectivity index (χ3n) is 17.6. The van der Waals surface area contributed by atoms with Gasteiger partial charge in [0.2, 0.25) is 23.6 Å². The SMILES string of the molecule is CC[C@@]1(O)C(=O)OC(=O)C2=C1C=C1c3nc4cc(F)c(C)c5c4c(c3CN1C2)[C@@H](NC(=O)COCN(CCS(C)(=O)=O)C(=O)OCc1ccc(CC(=O)[C@H](C)NC(=O)[C@@H](CC(=O)C2CCC(CN3C(=O)CC(C)C3=O)CC2)C(C)C)cc1)CC5. The number of hydrogen-bond acceptors (Lipinski definition) is 17. The van der Waals surface area contributed by atoms with Gasteiger partial charge < -0.3 is 34.9 Å². The van der Waals surface area contributed by atoms with Crippen LogP contribution in [-0.2, 0) is 88.4 Å². The van der Waals surface area contributed by atoms with Gasteiger partial charge in [0.1, 0.15) is 41.4 Å². The molecule has 5 atom stereocenters. The predicted octanol–water partition coefficient (Wildman–Crippen LogP) is 5.18. The number of cyclic esters (lactones) is 2. The van der Waals surface area contributed by atoms with E-state index >= 15 is 4.39 Å². The standard InChI is InChI=1S/C61H73FN6O15S/c1-8-61(78)44-24-48-55-43(28-67(48)27-42(44)58(75)83-59(61)76)54-46(18-17-40-34(5)45(62)25-47(65-55)53(40)54)64-51(71)30-81-31-66(19-20-84(7,79)80)60(77)82-29-38-11-9-36(10-12-38)22-49(69)35(6)63-56(73)41(32(2)3)23-50(70)39-15-13-37(14-16-39)26-68-52(72)21-33(4)57(68)74/h9-12,24-25,32-33,35,37,39,41,46,78H,8,13-23,26-31H2,1-7H3,(H,63,73)(H,64,71)/t33?,35-,37?,39?,41-,46-,61-/m0/s1. The average Bonchev–Trinajstić information content (AvgIpc) is 1.46. The Labute approximate surface area is 487 Å². The van der Waals surface area contributed by atoms with E-state index in [2.05, 4.69) is 10.6 Å². The summed E-state index contributed by atoms with van der Waals surface area (Å²) in [6.07, 6.45) is 5.25. The Morgan fingerprint density at radius 2 is 1.69 bits per heavy atom. The molecule has 9 rings (SSSR count). The molecule has 1 saturated heterocycles. The van der Waals surface area contributed by atoms with Crippen molar-refractivity contribution in [1.82, 2.24) is 30.3 Å². The van der Waals surface area contributed by atoms with Crippen LogP contribution in [0, 0.1) is 42.3 Å². The Morgan fingerprint density at radius 3 is 2.35 bits per heavy atom. The number of likely N-dealkylation sites (tertiary alicyclic amines) is 1. The van der Waals surface area contributed by atoms with Crippen LogP contribution in [0.5, 0.6) is 0 Å². The number of pyridine rings is 1. The van der Waals surface area contributed by atoms with Crippen LogP contribution in [-0.4, -0.2) is 143 Å². The van der Waals surface area contributed by atoms with Gasteiger partial charge in [0.25, 0.3) is 0 Å². The summed E-state index contributed by atoms with van der Waals surface area (Å²) in [6, 6.07) is 6.52. The average molecular weight is 1180 g/mol. The minimum atomic E-state index is -3.57. The van der Waals surface area contributed by atoms with Crippen molar-refractivity contribution in [2.24, 2.45) is 29.6 Å². The number of esters is 2.